The summed E-state index contributed by atoms with van der Waals surface area (Å²) >= 11 is 6.36. The smallest absolute Gasteiger partial charge is 0.0438 e. The number of hydrogen-bond donors (Lipinski definition) is 1. The average molecular weight is 294 g/mol. The molecular weight excluding hydrogens is 266 g/mol. The van der Waals surface area contributed by atoms with E-state index in [0.717, 1.165) is 18.0 Å². The van der Waals surface area contributed by atoms with Gasteiger partial charge in [-0.15, -0.1) is 0 Å². The maximum Gasteiger partial charge on any atom is 0.0438 e. The van der Waals surface area contributed by atoms with Crippen LogP contribution in [-0.2, 0) is 6.42 Å². The molecule has 1 nitrogen and oxygen atoms in total. The topological polar surface area (TPSA) is 12.0 Å². The van der Waals surface area contributed by atoms with Crippen molar-refractivity contribution in [1.29, 1.82) is 0 Å². The molecule has 1 N–H and O–H groups in total. The molecule has 0 aliphatic heterocycles. The minimum absolute atomic E-state index is 0.423. The van der Waals surface area contributed by atoms with Gasteiger partial charge in [-0.05, 0) is 49.3 Å². The molecule has 0 saturated heterocycles. The van der Waals surface area contributed by atoms with Gasteiger partial charge in [-0.1, -0.05) is 62.9 Å². The van der Waals surface area contributed by atoms with Crippen LogP contribution in [0.1, 0.15) is 57.9 Å². The summed E-state index contributed by atoms with van der Waals surface area (Å²) in [4.78, 5) is 0. The van der Waals surface area contributed by atoms with Gasteiger partial charge in [0.1, 0.15) is 0 Å². The molecule has 1 atom stereocenters. The van der Waals surface area contributed by atoms with Crippen molar-refractivity contribution in [3.05, 3.63) is 34.9 Å². The lowest BCUT2D eigenvalue weighted by Gasteiger charge is -2.41. The van der Waals surface area contributed by atoms with Crippen LogP contribution in [0.3, 0.4) is 0 Å². The van der Waals surface area contributed by atoms with Crippen LogP contribution in [0.2, 0.25) is 5.02 Å². The Morgan fingerprint density at radius 3 is 2.55 bits per heavy atom. The normalized spacial score (nSPS) is 19.8. The molecule has 20 heavy (non-hydrogen) atoms. The highest BCUT2D eigenvalue weighted by Crippen LogP contribution is 2.40. The molecule has 1 aromatic rings. The van der Waals surface area contributed by atoms with Crippen LogP contribution in [0.25, 0.3) is 0 Å². The Morgan fingerprint density at radius 1 is 1.20 bits per heavy atom. The summed E-state index contributed by atoms with van der Waals surface area (Å²) in [7, 11) is 0. The molecule has 1 fully saturated rings. The third-order valence-electron chi connectivity index (χ3n) is 4.86. The fourth-order valence-electron chi connectivity index (χ4n) is 3.48. The van der Waals surface area contributed by atoms with Crippen molar-refractivity contribution in [3.63, 3.8) is 0 Å². The van der Waals surface area contributed by atoms with E-state index in [2.05, 4.69) is 31.3 Å². The summed E-state index contributed by atoms with van der Waals surface area (Å²) in [5, 5.41) is 4.71. The molecule has 1 aromatic carbocycles. The number of benzene rings is 1. The zero-order chi connectivity index (χ0) is 14.4. The van der Waals surface area contributed by atoms with Gasteiger partial charge in [0.2, 0.25) is 0 Å². The van der Waals surface area contributed by atoms with Gasteiger partial charge in [-0.2, -0.15) is 0 Å². The van der Waals surface area contributed by atoms with Gasteiger partial charge in [-0.25, -0.2) is 0 Å². The summed E-state index contributed by atoms with van der Waals surface area (Å²) in [5.41, 5.74) is 1.71. The van der Waals surface area contributed by atoms with Crippen LogP contribution in [0, 0.1) is 5.41 Å². The molecule has 1 unspecified atom stereocenters. The fraction of sp³-hybridized carbons (Fsp3) is 0.667. The molecule has 0 amide bonds. The first-order valence-electron chi connectivity index (χ1n) is 8.12. The van der Waals surface area contributed by atoms with Gasteiger partial charge < -0.3 is 5.32 Å². The van der Waals surface area contributed by atoms with E-state index in [4.69, 9.17) is 11.6 Å². The predicted octanol–water partition coefficient (Wildman–Crippen LogP) is 5.22. The second-order valence-electron chi connectivity index (χ2n) is 6.52. The van der Waals surface area contributed by atoms with E-state index in [1.807, 2.05) is 12.1 Å². The number of nitrogens with one attached hydrogen (secondary N) is 1. The maximum absolute atomic E-state index is 6.36. The van der Waals surface area contributed by atoms with Crippen LogP contribution in [-0.4, -0.2) is 12.6 Å². The van der Waals surface area contributed by atoms with E-state index < -0.39 is 0 Å². The molecule has 0 spiro atoms. The van der Waals surface area contributed by atoms with Crippen molar-refractivity contribution in [2.45, 2.75) is 64.8 Å². The van der Waals surface area contributed by atoms with Gasteiger partial charge in [0.05, 0.1) is 0 Å². The largest absolute Gasteiger partial charge is 0.313 e. The zero-order valence-electron chi connectivity index (χ0n) is 12.9. The van der Waals surface area contributed by atoms with Gasteiger partial charge in [0.25, 0.3) is 0 Å². The number of rotatable bonds is 6. The molecule has 0 bridgehead atoms. The lowest BCUT2D eigenvalue weighted by molar-refractivity contribution is 0.143. The van der Waals surface area contributed by atoms with Crippen LogP contribution in [0.4, 0.5) is 0 Å². The molecular formula is C18H28ClN. The average Bonchev–Trinajstić information content (AvgIpc) is 2.46. The van der Waals surface area contributed by atoms with Gasteiger partial charge in [0.15, 0.2) is 0 Å². The van der Waals surface area contributed by atoms with Crippen LogP contribution >= 0.6 is 11.6 Å². The molecule has 1 aliphatic rings. The van der Waals surface area contributed by atoms with Crippen molar-refractivity contribution in [3.8, 4) is 0 Å². The minimum Gasteiger partial charge on any atom is -0.313 e. The predicted molar refractivity (Wildman–Crippen MR) is 88.4 cm³/mol. The van der Waals surface area contributed by atoms with Crippen molar-refractivity contribution in [2.24, 2.45) is 5.41 Å². The highest BCUT2D eigenvalue weighted by atomic mass is 35.5. The Balaban J connectivity index is 2.12. The molecule has 0 heterocycles. The lowest BCUT2D eigenvalue weighted by atomic mass is 9.69. The van der Waals surface area contributed by atoms with E-state index in [-0.39, 0.29) is 0 Å². The molecule has 1 aliphatic carbocycles. The summed E-state index contributed by atoms with van der Waals surface area (Å²) in [5.74, 6) is 0. The van der Waals surface area contributed by atoms with Crippen LogP contribution in [0.15, 0.2) is 24.3 Å². The summed E-state index contributed by atoms with van der Waals surface area (Å²) in [6, 6.07) is 8.85. The lowest BCUT2D eigenvalue weighted by Crippen LogP contribution is -2.46. The first-order valence-corrected chi connectivity index (χ1v) is 8.50. The summed E-state index contributed by atoms with van der Waals surface area (Å²) in [6.07, 6.45) is 9.10. The SMILES string of the molecule is CCCNC(Cc1ccccc1Cl)C1(C)CCCCC1. The Kier molecular flexibility index (Phi) is 5.92. The van der Waals surface area contributed by atoms with Gasteiger partial charge >= 0.3 is 0 Å². The van der Waals surface area contributed by atoms with Gasteiger partial charge in [-0.3, -0.25) is 0 Å². The molecule has 1 saturated carbocycles. The van der Waals surface area contributed by atoms with Crippen molar-refractivity contribution in [2.75, 3.05) is 6.54 Å². The standard InChI is InChI=1S/C18H28ClN/c1-3-13-20-17(18(2)11-7-4-8-12-18)14-15-9-5-6-10-16(15)19/h5-6,9-10,17,20H,3-4,7-8,11-14H2,1-2H3. The molecule has 0 aromatic heterocycles. The zero-order valence-corrected chi connectivity index (χ0v) is 13.7. The van der Waals surface area contributed by atoms with E-state index in [1.165, 1.54) is 44.1 Å². The third kappa shape index (κ3) is 3.99. The molecule has 2 heteroatoms. The van der Waals surface area contributed by atoms with Crippen molar-refractivity contribution < 1.29 is 0 Å². The van der Waals surface area contributed by atoms with Crippen molar-refractivity contribution in [1.82, 2.24) is 5.32 Å². The third-order valence-corrected chi connectivity index (χ3v) is 5.23. The second kappa shape index (κ2) is 7.47. The maximum atomic E-state index is 6.36. The Bertz CT molecular complexity index is 410. The highest BCUT2D eigenvalue weighted by Gasteiger charge is 2.35. The first-order chi connectivity index (χ1) is 9.65. The quantitative estimate of drug-likeness (QED) is 0.758. The minimum atomic E-state index is 0.423. The molecule has 0 radical (unpaired) electrons. The second-order valence-corrected chi connectivity index (χ2v) is 6.92. The number of hydrogen-bond acceptors (Lipinski definition) is 1. The Hall–Kier alpha value is -0.530. The van der Waals surface area contributed by atoms with E-state index >= 15 is 0 Å². The van der Waals surface area contributed by atoms with Crippen LogP contribution < -0.4 is 5.32 Å². The highest BCUT2D eigenvalue weighted by molar-refractivity contribution is 6.31. The monoisotopic (exact) mass is 293 g/mol. The van der Waals surface area contributed by atoms with Crippen molar-refractivity contribution >= 4 is 11.6 Å². The summed E-state index contributed by atoms with van der Waals surface area (Å²) in [6.45, 7) is 5.81. The Labute approximate surface area is 129 Å². The fourth-order valence-corrected chi connectivity index (χ4v) is 3.69. The number of halogens is 1. The first kappa shape index (κ1) is 15.9. The van der Waals surface area contributed by atoms with E-state index in [0.29, 0.717) is 11.5 Å². The van der Waals surface area contributed by atoms with E-state index in [9.17, 15) is 0 Å². The Morgan fingerprint density at radius 2 is 1.90 bits per heavy atom. The van der Waals surface area contributed by atoms with Crippen LogP contribution in [0.5, 0.6) is 0 Å². The molecule has 112 valence electrons. The van der Waals surface area contributed by atoms with E-state index in [1.54, 1.807) is 0 Å². The van der Waals surface area contributed by atoms with Gasteiger partial charge in [0, 0.05) is 11.1 Å². The summed E-state index contributed by atoms with van der Waals surface area (Å²) < 4.78 is 0. The molecule has 2 rings (SSSR count).